The van der Waals surface area contributed by atoms with Gasteiger partial charge in [0.05, 0.1) is 5.75 Å². The molecular formula is C11H13ClO4S2. The molecule has 1 aromatic carbocycles. The van der Waals surface area contributed by atoms with E-state index < -0.39 is 9.05 Å². The highest BCUT2D eigenvalue weighted by molar-refractivity contribution is 8.14. The summed E-state index contributed by atoms with van der Waals surface area (Å²) >= 11 is 1.57. The molecule has 0 radical (unpaired) electrons. The van der Waals surface area contributed by atoms with Gasteiger partial charge in [0.25, 0.3) is 0 Å². The molecule has 0 atom stereocenters. The van der Waals surface area contributed by atoms with Crippen LogP contribution in [0.3, 0.4) is 0 Å². The first-order chi connectivity index (χ1) is 8.54. The van der Waals surface area contributed by atoms with E-state index in [9.17, 15) is 8.42 Å². The van der Waals surface area contributed by atoms with Crippen LogP contribution in [0.5, 0.6) is 11.5 Å². The fraction of sp³-hybridized carbons (Fsp3) is 0.455. The molecule has 0 bridgehead atoms. The maximum Gasteiger partial charge on any atom is 0.233 e. The predicted molar refractivity (Wildman–Crippen MR) is 73.2 cm³/mol. The van der Waals surface area contributed by atoms with Crippen LogP contribution in [0.1, 0.15) is 5.56 Å². The number of thioether (sulfide) groups is 1. The van der Waals surface area contributed by atoms with Crippen molar-refractivity contribution in [1.82, 2.24) is 0 Å². The molecule has 4 nitrogen and oxygen atoms in total. The monoisotopic (exact) mass is 308 g/mol. The van der Waals surface area contributed by atoms with Crippen molar-refractivity contribution in [3.63, 3.8) is 0 Å². The largest absolute Gasteiger partial charge is 0.454 e. The summed E-state index contributed by atoms with van der Waals surface area (Å²) in [7, 11) is 1.76. The Hall–Kier alpha value is -0.590. The van der Waals surface area contributed by atoms with Gasteiger partial charge >= 0.3 is 0 Å². The second-order valence-electron chi connectivity index (χ2n) is 3.79. The third-order valence-corrected chi connectivity index (χ3v) is 4.84. The Bertz CT molecular complexity index is 516. The van der Waals surface area contributed by atoms with Crippen molar-refractivity contribution in [1.29, 1.82) is 0 Å². The lowest BCUT2D eigenvalue weighted by atomic mass is 10.1. The average molecular weight is 309 g/mol. The molecule has 0 aliphatic carbocycles. The first-order valence-corrected chi connectivity index (χ1v) is 9.06. The predicted octanol–water partition coefficient (Wildman–Crippen LogP) is 2.26. The zero-order valence-electron chi connectivity index (χ0n) is 9.60. The fourth-order valence-corrected chi connectivity index (χ4v) is 3.97. The first kappa shape index (κ1) is 13.8. The van der Waals surface area contributed by atoms with Gasteiger partial charge in [-0.15, -0.1) is 0 Å². The van der Waals surface area contributed by atoms with Gasteiger partial charge in [0.1, 0.15) is 0 Å². The van der Waals surface area contributed by atoms with Crippen LogP contribution < -0.4 is 9.47 Å². The van der Waals surface area contributed by atoms with Crippen LogP contribution in [0.15, 0.2) is 18.2 Å². The van der Waals surface area contributed by atoms with E-state index in [0.29, 0.717) is 5.75 Å². The summed E-state index contributed by atoms with van der Waals surface area (Å²) in [5, 5.41) is 0. The summed E-state index contributed by atoms with van der Waals surface area (Å²) in [6.45, 7) is 0.279. The normalized spacial score (nSPS) is 13.8. The number of rotatable bonds is 6. The van der Waals surface area contributed by atoms with Gasteiger partial charge < -0.3 is 9.47 Å². The molecule has 0 saturated heterocycles. The van der Waals surface area contributed by atoms with Crippen molar-refractivity contribution in [2.45, 2.75) is 6.42 Å². The highest BCUT2D eigenvalue weighted by atomic mass is 35.7. The molecule has 1 aliphatic rings. The lowest BCUT2D eigenvalue weighted by Crippen LogP contribution is -2.01. The molecular weight excluding hydrogens is 296 g/mol. The van der Waals surface area contributed by atoms with Crippen LogP contribution in [0.2, 0.25) is 0 Å². The van der Waals surface area contributed by atoms with E-state index in [1.165, 1.54) is 0 Å². The highest BCUT2D eigenvalue weighted by Gasteiger charge is 2.12. The van der Waals surface area contributed by atoms with Crippen LogP contribution in [0.25, 0.3) is 0 Å². The van der Waals surface area contributed by atoms with Crippen LogP contribution in [-0.2, 0) is 15.5 Å². The summed E-state index contributed by atoms with van der Waals surface area (Å²) in [6, 6.07) is 5.85. The summed E-state index contributed by atoms with van der Waals surface area (Å²) < 4.78 is 31.9. The Morgan fingerprint density at radius 2 is 2.00 bits per heavy atom. The Morgan fingerprint density at radius 3 is 2.78 bits per heavy atom. The molecule has 0 N–H and O–H groups in total. The molecule has 1 heterocycles. The Kier molecular flexibility index (Phi) is 4.64. The third kappa shape index (κ3) is 4.26. The SMILES string of the molecule is O=S(=O)(Cl)CCSCCc1ccc2c(c1)OCO2. The van der Waals surface area contributed by atoms with Gasteiger partial charge in [-0.3, -0.25) is 0 Å². The van der Waals surface area contributed by atoms with Gasteiger partial charge in [0.15, 0.2) is 11.5 Å². The average Bonchev–Trinajstić information content (AvgIpc) is 2.74. The minimum absolute atomic E-state index is 0.0142. The van der Waals surface area contributed by atoms with Crippen LogP contribution in [0, 0.1) is 0 Å². The van der Waals surface area contributed by atoms with Gasteiger partial charge in [-0.1, -0.05) is 6.07 Å². The topological polar surface area (TPSA) is 52.6 Å². The molecule has 1 aromatic rings. The Morgan fingerprint density at radius 1 is 1.22 bits per heavy atom. The van der Waals surface area contributed by atoms with Crippen molar-refractivity contribution in [3.05, 3.63) is 23.8 Å². The molecule has 100 valence electrons. The Balaban J connectivity index is 1.74. The number of benzene rings is 1. The van der Waals surface area contributed by atoms with Gasteiger partial charge in [0, 0.05) is 16.4 Å². The zero-order valence-corrected chi connectivity index (χ0v) is 12.0. The summed E-state index contributed by atoms with van der Waals surface area (Å²) in [4.78, 5) is 0. The van der Waals surface area contributed by atoms with Gasteiger partial charge in [-0.05, 0) is 29.9 Å². The number of hydrogen-bond acceptors (Lipinski definition) is 5. The van der Waals surface area contributed by atoms with Crippen LogP contribution in [-0.4, -0.2) is 32.5 Å². The highest BCUT2D eigenvalue weighted by Crippen LogP contribution is 2.32. The zero-order chi connectivity index (χ0) is 13.0. The summed E-state index contributed by atoms with van der Waals surface area (Å²) in [5.41, 5.74) is 1.15. The van der Waals surface area contributed by atoms with Gasteiger partial charge in [-0.25, -0.2) is 8.42 Å². The fourth-order valence-electron chi connectivity index (χ4n) is 1.55. The number of halogens is 1. The number of aryl methyl sites for hydroxylation is 1. The molecule has 1 aliphatic heterocycles. The van der Waals surface area contributed by atoms with E-state index in [-0.39, 0.29) is 12.5 Å². The maximum absolute atomic E-state index is 10.7. The molecule has 2 rings (SSSR count). The van der Waals surface area contributed by atoms with Crippen molar-refractivity contribution in [3.8, 4) is 11.5 Å². The van der Waals surface area contributed by atoms with Crippen molar-refractivity contribution in [2.24, 2.45) is 0 Å². The molecule has 18 heavy (non-hydrogen) atoms. The van der Waals surface area contributed by atoms with Crippen molar-refractivity contribution >= 4 is 31.5 Å². The van der Waals surface area contributed by atoms with Crippen LogP contribution in [0.4, 0.5) is 0 Å². The second kappa shape index (κ2) is 6.04. The van der Waals surface area contributed by atoms with E-state index in [4.69, 9.17) is 20.2 Å². The van der Waals surface area contributed by atoms with E-state index in [1.54, 1.807) is 11.8 Å². The van der Waals surface area contributed by atoms with E-state index in [1.807, 2.05) is 18.2 Å². The van der Waals surface area contributed by atoms with Gasteiger partial charge in [-0.2, -0.15) is 11.8 Å². The minimum Gasteiger partial charge on any atom is -0.454 e. The van der Waals surface area contributed by atoms with Crippen molar-refractivity contribution < 1.29 is 17.9 Å². The third-order valence-electron chi connectivity index (χ3n) is 2.44. The standard InChI is InChI=1S/C11H13ClO4S2/c12-18(13,14)6-5-17-4-3-9-1-2-10-11(7-9)16-8-15-10/h1-2,7H,3-6,8H2. The van der Waals surface area contributed by atoms with E-state index >= 15 is 0 Å². The molecule has 0 fully saturated rings. The Labute approximate surface area is 115 Å². The number of fused-ring (bicyclic) bond motifs is 1. The number of hydrogen-bond donors (Lipinski definition) is 0. The molecule has 0 unspecified atom stereocenters. The molecule has 0 spiro atoms. The lowest BCUT2D eigenvalue weighted by molar-refractivity contribution is 0.174. The van der Waals surface area contributed by atoms with Crippen LogP contribution >= 0.6 is 22.4 Å². The quantitative estimate of drug-likeness (QED) is 0.596. The number of ether oxygens (including phenoxy) is 2. The lowest BCUT2D eigenvalue weighted by Gasteiger charge is -2.03. The molecule has 0 amide bonds. The molecule has 0 aromatic heterocycles. The van der Waals surface area contributed by atoms with Crippen molar-refractivity contribution in [2.75, 3.05) is 24.1 Å². The van der Waals surface area contributed by atoms with E-state index in [2.05, 4.69) is 0 Å². The molecule has 0 saturated carbocycles. The minimum atomic E-state index is -3.36. The smallest absolute Gasteiger partial charge is 0.233 e. The summed E-state index contributed by atoms with van der Waals surface area (Å²) in [6.07, 6.45) is 0.865. The summed E-state index contributed by atoms with van der Waals surface area (Å²) in [5.74, 6) is 2.95. The van der Waals surface area contributed by atoms with E-state index in [0.717, 1.165) is 29.2 Å². The maximum atomic E-state index is 10.7. The molecule has 7 heteroatoms. The first-order valence-electron chi connectivity index (χ1n) is 5.43. The van der Waals surface area contributed by atoms with Gasteiger partial charge in [0.2, 0.25) is 15.8 Å². The second-order valence-corrected chi connectivity index (χ2v) is 7.91.